The molecule has 0 aliphatic carbocycles. The van der Waals surface area contributed by atoms with E-state index in [1.165, 1.54) is 5.56 Å². The van der Waals surface area contributed by atoms with Crippen molar-refractivity contribution in [3.63, 3.8) is 0 Å². The zero-order valence-electron chi connectivity index (χ0n) is 7.70. The molecule has 1 heteroatoms. The molecule has 0 saturated carbocycles. The largest absolute Gasteiger partial charge is 0.293 e. The van der Waals surface area contributed by atoms with Gasteiger partial charge in [0, 0.05) is 6.21 Å². The number of hydrogen-bond donors (Lipinski definition) is 0. The molecule has 64 valence electrons. The molecule has 0 aliphatic heterocycles. The molecule has 0 aromatic heterocycles. The highest BCUT2D eigenvalue weighted by Gasteiger charge is 1.87. The summed E-state index contributed by atoms with van der Waals surface area (Å²) in [6.45, 7) is 5.07. The fourth-order valence-electron chi connectivity index (χ4n) is 0.952. The first kappa shape index (κ1) is 8.98. The monoisotopic (exact) mass is 161 g/mol. The Bertz CT molecular complexity index is 236. The SMILES string of the molecule is CC(C)C=NCc1ccccc1. The predicted molar refractivity (Wildman–Crippen MR) is 53.5 cm³/mol. The summed E-state index contributed by atoms with van der Waals surface area (Å²) in [4.78, 5) is 4.32. The van der Waals surface area contributed by atoms with Crippen LogP contribution in [0.15, 0.2) is 35.3 Å². The number of aliphatic imine (C=N–C) groups is 1. The van der Waals surface area contributed by atoms with Crippen molar-refractivity contribution in [2.75, 3.05) is 0 Å². The van der Waals surface area contributed by atoms with Crippen LogP contribution in [-0.2, 0) is 6.54 Å². The number of hydrogen-bond acceptors (Lipinski definition) is 1. The molecule has 1 rings (SSSR count). The summed E-state index contributed by atoms with van der Waals surface area (Å²) in [6.07, 6.45) is 1.99. The van der Waals surface area contributed by atoms with Crippen LogP contribution in [0.2, 0.25) is 0 Å². The van der Waals surface area contributed by atoms with Gasteiger partial charge in [-0.25, -0.2) is 0 Å². The Morgan fingerprint density at radius 1 is 1.25 bits per heavy atom. The maximum Gasteiger partial charge on any atom is 0.0635 e. The minimum atomic E-state index is 0.550. The van der Waals surface area contributed by atoms with Gasteiger partial charge in [-0.2, -0.15) is 0 Å². The molecular weight excluding hydrogens is 146 g/mol. The van der Waals surface area contributed by atoms with Crippen molar-refractivity contribution in [3.05, 3.63) is 35.9 Å². The van der Waals surface area contributed by atoms with Crippen molar-refractivity contribution in [1.29, 1.82) is 0 Å². The third-order valence-electron chi connectivity index (χ3n) is 1.52. The van der Waals surface area contributed by atoms with Gasteiger partial charge < -0.3 is 0 Å². The Morgan fingerprint density at radius 3 is 2.50 bits per heavy atom. The molecule has 1 nitrogen and oxygen atoms in total. The molecule has 0 heterocycles. The van der Waals surface area contributed by atoms with Crippen LogP contribution >= 0.6 is 0 Å². The Balaban J connectivity index is 2.43. The van der Waals surface area contributed by atoms with Crippen LogP contribution in [0, 0.1) is 5.92 Å². The molecule has 0 saturated heterocycles. The molecule has 1 aromatic carbocycles. The maximum atomic E-state index is 4.32. The summed E-state index contributed by atoms with van der Waals surface area (Å²) in [6, 6.07) is 10.3. The van der Waals surface area contributed by atoms with Crippen LogP contribution < -0.4 is 0 Å². The van der Waals surface area contributed by atoms with Gasteiger partial charge in [0.05, 0.1) is 6.54 Å². The standard InChI is InChI=1S/C11H15N/c1-10(2)8-12-9-11-6-4-3-5-7-11/h3-8,10H,9H2,1-2H3. The molecule has 0 atom stereocenters. The highest BCUT2D eigenvalue weighted by Crippen LogP contribution is 1.99. The maximum absolute atomic E-state index is 4.32. The molecular formula is C11H15N. The summed E-state index contributed by atoms with van der Waals surface area (Å²) < 4.78 is 0. The molecule has 0 radical (unpaired) electrons. The van der Waals surface area contributed by atoms with E-state index >= 15 is 0 Å². The molecule has 0 bridgehead atoms. The molecule has 0 fully saturated rings. The van der Waals surface area contributed by atoms with E-state index in [9.17, 15) is 0 Å². The van der Waals surface area contributed by atoms with Crippen LogP contribution in [0.4, 0.5) is 0 Å². The van der Waals surface area contributed by atoms with Crippen LogP contribution in [0.5, 0.6) is 0 Å². The van der Waals surface area contributed by atoms with Crippen LogP contribution in [0.25, 0.3) is 0 Å². The Labute approximate surface area is 74.2 Å². The lowest BCUT2D eigenvalue weighted by Gasteiger charge is -1.95. The first-order valence-corrected chi connectivity index (χ1v) is 4.33. The lowest BCUT2D eigenvalue weighted by atomic mass is 10.2. The number of nitrogens with zero attached hydrogens (tertiary/aromatic N) is 1. The third-order valence-corrected chi connectivity index (χ3v) is 1.52. The van der Waals surface area contributed by atoms with E-state index in [4.69, 9.17) is 0 Å². The van der Waals surface area contributed by atoms with E-state index in [0.29, 0.717) is 5.92 Å². The lowest BCUT2D eigenvalue weighted by Crippen LogP contribution is -1.88. The fourth-order valence-corrected chi connectivity index (χ4v) is 0.952. The van der Waals surface area contributed by atoms with Gasteiger partial charge in [0.15, 0.2) is 0 Å². The minimum Gasteiger partial charge on any atom is -0.293 e. The Hall–Kier alpha value is -1.11. The molecule has 12 heavy (non-hydrogen) atoms. The smallest absolute Gasteiger partial charge is 0.0635 e. The Kier molecular flexibility index (Phi) is 3.52. The summed E-state index contributed by atoms with van der Waals surface area (Å²) in [5.74, 6) is 0.550. The first-order valence-electron chi connectivity index (χ1n) is 4.33. The zero-order chi connectivity index (χ0) is 8.81. The van der Waals surface area contributed by atoms with Gasteiger partial charge in [-0.05, 0) is 11.5 Å². The second kappa shape index (κ2) is 4.70. The van der Waals surface area contributed by atoms with E-state index in [2.05, 4.69) is 31.0 Å². The van der Waals surface area contributed by atoms with E-state index in [0.717, 1.165) is 6.54 Å². The Morgan fingerprint density at radius 2 is 1.92 bits per heavy atom. The van der Waals surface area contributed by atoms with Crippen molar-refractivity contribution < 1.29 is 0 Å². The summed E-state index contributed by atoms with van der Waals surface area (Å²) >= 11 is 0. The average molecular weight is 161 g/mol. The van der Waals surface area contributed by atoms with Crippen molar-refractivity contribution >= 4 is 6.21 Å². The van der Waals surface area contributed by atoms with Gasteiger partial charge >= 0.3 is 0 Å². The van der Waals surface area contributed by atoms with Crippen molar-refractivity contribution in [2.24, 2.45) is 10.9 Å². The second-order valence-corrected chi connectivity index (χ2v) is 3.22. The van der Waals surface area contributed by atoms with E-state index in [1.807, 2.05) is 24.4 Å². The highest BCUT2D eigenvalue weighted by atomic mass is 14.7. The summed E-state index contributed by atoms with van der Waals surface area (Å²) in [5.41, 5.74) is 1.27. The van der Waals surface area contributed by atoms with Gasteiger partial charge in [-0.15, -0.1) is 0 Å². The number of benzene rings is 1. The van der Waals surface area contributed by atoms with E-state index in [1.54, 1.807) is 0 Å². The average Bonchev–Trinajstić information content (AvgIpc) is 2.05. The molecule has 0 aliphatic rings. The molecule has 0 amide bonds. The van der Waals surface area contributed by atoms with Crippen molar-refractivity contribution in [2.45, 2.75) is 20.4 Å². The first-order chi connectivity index (χ1) is 5.79. The third kappa shape index (κ3) is 3.33. The molecule has 0 N–H and O–H groups in total. The van der Waals surface area contributed by atoms with E-state index < -0.39 is 0 Å². The second-order valence-electron chi connectivity index (χ2n) is 3.22. The number of rotatable bonds is 3. The lowest BCUT2D eigenvalue weighted by molar-refractivity contribution is 0.892. The summed E-state index contributed by atoms with van der Waals surface area (Å²) in [5, 5.41) is 0. The fraction of sp³-hybridized carbons (Fsp3) is 0.364. The molecule has 0 unspecified atom stereocenters. The summed E-state index contributed by atoms with van der Waals surface area (Å²) in [7, 11) is 0. The van der Waals surface area contributed by atoms with Gasteiger partial charge in [-0.3, -0.25) is 4.99 Å². The predicted octanol–water partition coefficient (Wildman–Crippen LogP) is 2.91. The van der Waals surface area contributed by atoms with Crippen LogP contribution in [0.3, 0.4) is 0 Å². The van der Waals surface area contributed by atoms with Crippen LogP contribution in [-0.4, -0.2) is 6.21 Å². The van der Waals surface area contributed by atoms with Gasteiger partial charge in [-0.1, -0.05) is 44.2 Å². The molecule has 0 spiro atoms. The topological polar surface area (TPSA) is 12.4 Å². The van der Waals surface area contributed by atoms with Gasteiger partial charge in [0.2, 0.25) is 0 Å². The quantitative estimate of drug-likeness (QED) is 0.604. The van der Waals surface area contributed by atoms with Crippen LogP contribution in [0.1, 0.15) is 19.4 Å². The minimum absolute atomic E-state index is 0.550. The van der Waals surface area contributed by atoms with Gasteiger partial charge in [0.25, 0.3) is 0 Å². The van der Waals surface area contributed by atoms with Crippen molar-refractivity contribution in [1.82, 2.24) is 0 Å². The van der Waals surface area contributed by atoms with E-state index in [-0.39, 0.29) is 0 Å². The highest BCUT2D eigenvalue weighted by molar-refractivity contribution is 5.59. The normalized spacial score (nSPS) is 11.2. The van der Waals surface area contributed by atoms with Gasteiger partial charge in [0.1, 0.15) is 0 Å². The van der Waals surface area contributed by atoms with Crippen molar-refractivity contribution in [3.8, 4) is 0 Å². The molecule has 1 aromatic rings. The zero-order valence-corrected chi connectivity index (χ0v) is 7.70.